The van der Waals surface area contributed by atoms with Crippen molar-refractivity contribution >= 4 is 0 Å². The van der Waals surface area contributed by atoms with Crippen molar-refractivity contribution in [2.45, 2.75) is 32.6 Å². The number of hydrogen-bond acceptors (Lipinski definition) is 2. The molecule has 0 saturated carbocycles. The highest BCUT2D eigenvalue weighted by molar-refractivity contribution is 5.42. The lowest BCUT2D eigenvalue weighted by Crippen LogP contribution is -1.96. The topological polar surface area (TPSA) is 18.5 Å². The highest BCUT2D eigenvalue weighted by atomic mass is 16.5. The van der Waals surface area contributed by atoms with Gasteiger partial charge < -0.3 is 9.47 Å². The minimum Gasteiger partial charge on any atom is -0.493 e. The molecule has 1 aliphatic rings. The van der Waals surface area contributed by atoms with Crippen LogP contribution in [-0.4, -0.2) is 14.2 Å². The summed E-state index contributed by atoms with van der Waals surface area (Å²) < 4.78 is 10.6. The first-order chi connectivity index (χ1) is 9.72. The number of methoxy groups -OCH3 is 2. The van der Waals surface area contributed by atoms with Crippen LogP contribution in [0, 0.1) is 5.92 Å². The van der Waals surface area contributed by atoms with Crippen LogP contribution in [0.3, 0.4) is 0 Å². The Hall–Kier alpha value is -1.70. The van der Waals surface area contributed by atoms with Crippen LogP contribution < -0.4 is 9.47 Å². The van der Waals surface area contributed by atoms with Crippen LogP contribution in [0.1, 0.15) is 31.7 Å². The van der Waals surface area contributed by atoms with E-state index in [1.54, 1.807) is 14.2 Å². The SMILES string of the molecule is COc1ccc(CCCC2=CC(C)CC=C2)cc1OC. The molecule has 2 heteroatoms. The fourth-order valence-corrected chi connectivity index (χ4v) is 2.62. The molecule has 0 fully saturated rings. The average Bonchev–Trinajstić information content (AvgIpc) is 2.47. The Kier molecular flexibility index (Phi) is 5.28. The first-order valence-corrected chi connectivity index (χ1v) is 7.31. The number of aryl methyl sites for hydroxylation is 1. The van der Waals surface area contributed by atoms with Crippen molar-refractivity contribution in [1.82, 2.24) is 0 Å². The molecule has 1 atom stereocenters. The van der Waals surface area contributed by atoms with Gasteiger partial charge in [-0.15, -0.1) is 0 Å². The van der Waals surface area contributed by atoms with Gasteiger partial charge in [-0.05, 0) is 49.3 Å². The van der Waals surface area contributed by atoms with Crippen LogP contribution in [0.25, 0.3) is 0 Å². The van der Waals surface area contributed by atoms with Crippen molar-refractivity contribution in [1.29, 1.82) is 0 Å². The van der Waals surface area contributed by atoms with E-state index in [0.717, 1.165) is 24.3 Å². The predicted octanol–water partition coefficient (Wildman–Crippen LogP) is 4.55. The van der Waals surface area contributed by atoms with Gasteiger partial charge in [0.15, 0.2) is 11.5 Å². The molecule has 1 aromatic carbocycles. The van der Waals surface area contributed by atoms with Gasteiger partial charge in [-0.25, -0.2) is 0 Å². The molecule has 0 aromatic heterocycles. The molecule has 0 saturated heterocycles. The zero-order valence-electron chi connectivity index (χ0n) is 12.7. The second kappa shape index (κ2) is 7.18. The van der Waals surface area contributed by atoms with Crippen molar-refractivity contribution in [2.75, 3.05) is 14.2 Å². The molecular formula is C18H24O2. The number of benzene rings is 1. The quantitative estimate of drug-likeness (QED) is 0.756. The van der Waals surface area contributed by atoms with E-state index in [1.165, 1.54) is 24.0 Å². The summed E-state index contributed by atoms with van der Waals surface area (Å²) in [7, 11) is 3.35. The van der Waals surface area contributed by atoms with E-state index in [1.807, 2.05) is 6.07 Å². The number of hydrogen-bond donors (Lipinski definition) is 0. The van der Waals surface area contributed by atoms with Gasteiger partial charge in [0, 0.05) is 0 Å². The maximum absolute atomic E-state index is 5.34. The van der Waals surface area contributed by atoms with E-state index >= 15 is 0 Å². The lowest BCUT2D eigenvalue weighted by atomic mass is 9.94. The smallest absolute Gasteiger partial charge is 0.160 e. The van der Waals surface area contributed by atoms with Crippen LogP contribution in [0.5, 0.6) is 11.5 Å². The van der Waals surface area contributed by atoms with Crippen molar-refractivity contribution in [3.05, 3.63) is 47.6 Å². The third-order valence-corrected chi connectivity index (χ3v) is 3.72. The lowest BCUT2D eigenvalue weighted by molar-refractivity contribution is 0.354. The highest BCUT2D eigenvalue weighted by Crippen LogP contribution is 2.28. The van der Waals surface area contributed by atoms with Gasteiger partial charge in [0.2, 0.25) is 0 Å². The summed E-state index contributed by atoms with van der Waals surface area (Å²) >= 11 is 0. The summed E-state index contributed by atoms with van der Waals surface area (Å²) in [5, 5.41) is 0. The number of ether oxygens (including phenoxy) is 2. The van der Waals surface area contributed by atoms with Gasteiger partial charge in [-0.1, -0.05) is 36.8 Å². The lowest BCUT2D eigenvalue weighted by Gasteiger charge is -2.13. The van der Waals surface area contributed by atoms with Crippen LogP contribution >= 0.6 is 0 Å². The van der Waals surface area contributed by atoms with Crippen molar-refractivity contribution in [3.63, 3.8) is 0 Å². The predicted molar refractivity (Wildman–Crippen MR) is 83.5 cm³/mol. The fraction of sp³-hybridized carbons (Fsp3) is 0.444. The van der Waals surface area contributed by atoms with E-state index in [2.05, 4.69) is 37.3 Å². The van der Waals surface area contributed by atoms with Crippen molar-refractivity contribution < 1.29 is 9.47 Å². The zero-order chi connectivity index (χ0) is 14.4. The van der Waals surface area contributed by atoms with Gasteiger partial charge in [0.25, 0.3) is 0 Å². The zero-order valence-corrected chi connectivity index (χ0v) is 12.7. The monoisotopic (exact) mass is 272 g/mol. The van der Waals surface area contributed by atoms with Crippen LogP contribution in [0.15, 0.2) is 42.0 Å². The molecular weight excluding hydrogens is 248 g/mol. The van der Waals surface area contributed by atoms with E-state index < -0.39 is 0 Å². The average molecular weight is 272 g/mol. The van der Waals surface area contributed by atoms with Gasteiger partial charge >= 0.3 is 0 Å². The summed E-state index contributed by atoms with van der Waals surface area (Å²) in [4.78, 5) is 0. The molecule has 1 aromatic rings. The molecule has 20 heavy (non-hydrogen) atoms. The second-order valence-corrected chi connectivity index (χ2v) is 5.40. The number of allylic oxidation sites excluding steroid dienone is 4. The minimum absolute atomic E-state index is 0.691. The molecule has 2 rings (SSSR count). The molecule has 2 nitrogen and oxygen atoms in total. The molecule has 0 N–H and O–H groups in total. The summed E-state index contributed by atoms with van der Waals surface area (Å²) in [5.41, 5.74) is 2.78. The molecule has 1 aliphatic carbocycles. The Morgan fingerprint density at radius 1 is 1.10 bits per heavy atom. The highest BCUT2D eigenvalue weighted by Gasteiger charge is 2.06. The molecule has 0 radical (unpaired) electrons. The van der Waals surface area contributed by atoms with E-state index in [4.69, 9.17) is 9.47 Å². The molecule has 0 aliphatic heterocycles. The van der Waals surface area contributed by atoms with Gasteiger partial charge in [0.05, 0.1) is 14.2 Å². The molecule has 1 unspecified atom stereocenters. The fourth-order valence-electron chi connectivity index (χ4n) is 2.62. The van der Waals surface area contributed by atoms with E-state index in [9.17, 15) is 0 Å². The third kappa shape index (κ3) is 3.89. The molecule has 0 spiro atoms. The normalized spacial score (nSPS) is 17.8. The Bertz CT molecular complexity index is 500. The molecule has 0 amide bonds. The Morgan fingerprint density at radius 3 is 2.60 bits per heavy atom. The first kappa shape index (κ1) is 14.7. The molecule has 0 bridgehead atoms. The largest absolute Gasteiger partial charge is 0.493 e. The van der Waals surface area contributed by atoms with Gasteiger partial charge in [-0.3, -0.25) is 0 Å². The van der Waals surface area contributed by atoms with Crippen LogP contribution in [0.4, 0.5) is 0 Å². The molecule has 0 heterocycles. The van der Waals surface area contributed by atoms with E-state index in [0.29, 0.717) is 5.92 Å². The van der Waals surface area contributed by atoms with E-state index in [-0.39, 0.29) is 0 Å². The van der Waals surface area contributed by atoms with Crippen molar-refractivity contribution in [2.24, 2.45) is 5.92 Å². The maximum Gasteiger partial charge on any atom is 0.160 e. The van der Waals surface area contributed by atoms with Crippen LogP contribution in [0.2, 0.25) is 0 Å². The van der Waals surface area contributed by atoms with Crippen molar-refractivity contribution in [3.8, 4) is 11.5 Å². The summed E-state index contributed by atoms with van der Waals surface area (Å²) in [6.45, 7) is 2.28. The minimum atomic E-state index is 0.691. The maximum atomic E-state index is 5.34. The molecule has 108 valence electrons. The Balaban J connectivity index is 1.89. The second-order valence-electron chi connectivity index (χ2n) is 5.40. The Morgan fingerprint density at radius 2 is 1.90 bits per heavy atom. The summed E-state index contributed by atoms with van der Waals surface area (Å²) in [5.74, 6) is 2.30. The first-order valence-electron chi connectivity index (χ1n) is 7.31. The summed E-state index contributed by atoms with van der Waals surface area (Å²) in [6, 6.07) is 6.18. The summed E-state index contributed by atoms with van der Waals surface area (Å²) in [6.07, 6.45) is 11.5. The van der Waals surface area contributed by atoms with Gasteiger partial charge in [0.1, 0.15) is 0 Å². The Labute approximate surface area is 122 Å². The standard InChI is InChI=1S/C18H24O2/c1-14-6-4-7-15(12-14)8-5-9-16-10-11-17(19-2)18(13-16)20-3/h4,7,10-14H,5-6,8-9H2,1-3H3. The van der Waals surface area contributed by atoms with Gasteiger partial charge in [-0.2, -0.15) is 0 Å². The number of rotatable bonds is 6. The third-order valence-electron chi connectivity index (χ3n) is 3.72. The van der Waals surface area contributed by atoms with Crippen LogP contribution in [-0.2, 0) is 6.42 Å².